The Hall–Kier alpha value is -2.31. The molecule has 0 aliphatic rings. The highest BCUT2D eigenvalue weighted by Gasteiger charge is 2.21. The zero-order valence-corrected chi connectivity index (χ0v) is 16.9. The van der Waals surface area contributed by atoms with Crippen LogP contribution in [-0.2, 0) is 11.3 Å². The van der Waals surface area contributed by atoms with Crippen LogP contribution in [0, 0.1) is 6.92 Å². The molecule has 140 valence electrons. The van der Waals surface area contributed by atoms with Crippen molar-refractivity contribution in [3.63, 3.8) is 0 Å². The predicted molar refractivity (Wildman–Crippen MR) is 108 cm³/mol. The molecule has 1 atom stereocenters. The lowest BCUT2D eigenvalue weighted by molar-refractivity contribution is -0.129. The lowest BCUT2D eigenvalue weighted by atomic mass is 10.2. The second-order valence-electron chi connectivity index (χ2n) is 6.29. The predicted octanol–water partition coefficient (Wildman–Crippen LogP) is 4.84. The number of amides is 1. The van der Waals surface area contributed by atoms with E-state index in [-0.39, 0.29) is 17.7 Å². The molecule has 3 rings (SSSR count). The van der Waals surface area contributed by atoms with Gasteiger partial charge in [-0.25, -0.2) is 0 Å². The van der Waals surface area contributed by atoms with Crippen molar-refractivity contribution < 1.29 is 9.32 Å². The molecule has 0 bridgehead atoms. The fraction of sp³-hybridized carbons (Fsp3) is 0.250. The van der Waals surface area contributed by atoms with E-state index in [9.17, 15) is 4.79 Å². The summed E-state index contributed by atoms with van der Waals surface area (Å²) in [6, 6.07) is 15.3. The Morgan fingerprint density at radius 1 is 1.19 bits per heavy atom. The second-order valence-corrected chi connectivity index (χ2v) is 8.14. The number of aromatic nitrogens is 2. The van der Waals surface area contributed by atoms with Crippen molar-refractivity contribution in [2.45, 2.75) is 30.5 Å². The Labute approximate surface area is 167 Å². The summed E-state index contributed by atoms with van der Waals surface area (Å²) in [5.41, 5.74) is 2.01. The van der Waals surface area contributed by atoms with E-state index in [4.69, 9.17) is 16.1 Å². The van der Waals surface area contributed by atoms with E-state index in [0.29, 0.717) is 16.7 Å². The minimum Gasteiger partial charge on any atom is -0.337 e. The molecule has 1 aromatic heterocycles. The molecule has 1 amide bonds. The summed E-state index contributed by atoms with van der Waals surface area (Å²) in [5, 5.41) is 4.41. The minimum absolute atomic E-state index is 0.00631. The second kappa shape index (κ2) is 8.59. The van der Waals surface area contributed by atoms with Crippen LogP contribution in [0.4, 0.5) is 0 Å². The van der Waals surface area contributed by atoms with Crippen LogP contribution in [-0.4, -0.2) is 33.2 Å². The molecular weight excluding hydrogens is 382 g/mol. The third kappa shape index (κ3) is 5.11. The maximum Gasteiger partial charge on any atom is 0.246 e. The highest BCUT2D eigenvalue weighted by molar-refractivity contribution is 8.00. The number of rotatable bonds is 6. The van der Waals surface area contributed by atoms with Crippen molar-refractivity contribution in [1.29, 1.82) is 0 Å². The van der Waals surface area contributed by atoms with Gasteiger partial charge in [0.1, 0.15) is 0 Å². The van der Waals surface area contributed by atoms with Crippen molar-refractivity contribution in [3.05, 3.63) is 65.0 Å². The Bertz CT molecular complexity index is 910. The maximum absolute atomic E-state index is 12.6. The summed E-state index contributed by atoms with van der Waals surface area (Å²) in [4.78, 5) is 19.7. The largest absolute Gasteiger partial charge is 0.337 e. The van der Waals surface area contributed by atoms with Crippen LogP contribution in [0.1, 0.15) is 18.4 Å². The first-order valence-corrected chi connectivity index (χ1v) is 9.75. The molecule has 5 nitrogen and oxygen atoms in total. The lowest BCUT2D eigenvalue weighted by Crippen LogP contribution is -2.32. The van der Waals surface area contributed by atoms with Gasteiger partial charge >= 0.3 is 0 Å². The fourth-order valence-corrected chi connectivity index (χ4v) is 3.61. The topological polar surface area (TPSA) is 59.2 Å². The molecule has 0 unspecified atom stereocenters. The number of hydrogen-bond donors (Lipinski definition) is 0. The van der Waals surface area contributed by atoms with Crippen molar-refractivity contribution >= 4 is 29.3 Å². The van der Waals surface area contributed by atoms with Crippen molar-refractivity contribution in [2.24, 2.45) is 0 Å². The van der Waals surface area contributed by atoms with Gasteiger partial charge in [0, 0.05) is 22.5 Å². The van der Waals surface area contributed by atoms with E-state index in [0.717, 1.165) is 10.5 Å². The van der Waals surface area contributed by atoms with E-state index in [2.05, 4.69) is 10.1 Å². The molecular formula is C20H20ClN3O2S. The molecule has 3 aromatic rings. The van der Waals surface area contributed by atoms with Crippen molar-refractivity contribution in [2.75, 3.05) is 7.05 Å². The molecule has 0 saturated heterocycles. The van der Waals surface area contributed by atoms with E-state index in [1.807, 2.05) is 50.2 Å². The minimum atomic E-state index is -0.212. The van der Waals surface area contributed by atoms with Crippen LogP contribution < -0.4 is 0 Å². The third-order valence-electron chi connectivity index (χ3n) is 4.00. The molecule has 7 heteroatoms. The molecule has 27 heavy (non-hydrogen) atoms. The first-order valence-electron chi connectivity index (χ1n) is 8.49. The monoisotopic (exact) mass is 401 g/mol. The van der Waals surface area contributed by atoms with Gasteiger partial charge in [-0.1, -0.05) is 34.5 Å². The number of hydrogen-bond acceptors (Lipinski definition) is 5. The zero-order chi connectivity index (χ0) is 19.4. The average molecular weight is 402 g/mol. The Balaban J connectivity index is 1.60. The van der Waals surface area contributed by atoms with Gasteiger partial charge in [-0.3, -0.25) is 4.79 Å². The summed E-state index contributed by atoms with van der Waals surface area (Å²) < 4.78 is 5.29. The van der Waals surface area contributed by atoms with E-state index < -0.39 is 0 Å². The Morgan fingerprint density at radius 2 is 1.85 bits per heavy atom. The number of nitrogens with zero attached hydrogens (tertiary/aromatic N) is 3. The molecule has 2 aromatic carbocycles. The first-order chi connectivity index (χ1) is 12.9. The van der Waals surface area contributed by atoms with E-state index >= 15 is 0 Å². The number of thioether (sulfide) groups is 1. The lowest BCUT2D eigenvalue weighted by Gasteiger charge is -2.19. The molecule has 0 N–H and O–H groups in total. The maximum atomic E-state index is 12.6. The number of carbonyl (C=O) groups excluding carboxylic acids is 1. The van der Waals surface area contributed by atoms with Crippen molar-refractivity contribution in [1.82, 2.24) is 15.0 Å². The van der Waals surface area contributed by atoms with Crippen LogP contribution in [0.2, 0.25) is 5.02 Å². The smallest absolute Gasteiger partial charge is 0.246 e. The fourth-order valence-electron chi connectivity index (χ4n) is 2.50. The molecule has 0 aliphatic carbocycles. The number of aryl methyl sites for hydroxylation is 1. The standard InChI is InChI=1S/C20H20ClN3O2S/c1-13-4-10-17(11-5-13)27-14(2)20(25)24(3)12-18-22-19(23-26-18)15-6-8-16(21)9-7-15/h4-11,14H,12H2,1-3H3/t14-/m0/s1. The van der Waals surface area contributed by atoms with Gasteiger partial charge in [0.15, 0.2) is 0 Å². The molecule has 0 radical (unpaired) electrons. The summed E-state index contributed by atoms with van der Waals surface area (Å²) in [7, 11) is 1.74. The quantitative estimate of drug-likeness (QED) is 0.553. The number of benzene rings is 2. The van der Waals surface area contributed by atoms with Crippen LogP contribution in [0.25, 0.3) is 11.4 Å². The summed E-state index contributed by atoms with van der Waals surface area (Å²) in [6.45, 7) is 4.20. The van der Waals surface area contributed by atoms with E-state index in [1.54, 1.807) is 24.1 Å². The molecule has 0 aliphatic heterocycles. The highest BCUT2D eigenvalue weighted by Crippen LogP contribution is 2.25. The average Bonchev–Trinajstić information content (AvgIpc) is 3.12. The van der Waals surface area contributed by atoms with Gasteiger partial charge in [-0.05, 0) is 50.2 Å². The SMILES string of the molecule is Cc1ccc(S[C@@H](C)C(=O)N(C)Cc2nc(-c3ccc(Cl)cc3)no2)cc1. The zero-order valence-electron chi connectivity index (χ0n) is 15.3. The first kappa shape index (κ1) is 19.5. The summed E-state index contributed by atoms with van der Waals surface area (Å²) >= 11 is 7.43. The number of halogens is 1. The molecule has 1 heterocycles. The van der Waals surface area contributed by atoms with Gasteiger partial charge in [0.05, 0.1) is 11.8 Å². The van der Waals surface area contributed by atoms with Gasteiger partial charge in [0.25, 0.3) is 0 Å². The van der Waals surface area contributed by atoms with E-state index in [1.165, 1.54) is 17.3 Å². The summed E-state index contributed by atoms with van der Waals surface area (Å²) in [5.74, 6) is 0.875. The van der Waals surface area contributed by atoms with Crippen LogP contribution >= 0.6 is 23.4 Å². The summed E-state index contributed by atoms with van der Waals surface area (Å²) in [6.07, 6.45) is 0. The van der Waals surface area contributed by atoms with Crippen molar-refractivity contribution in [3.8, 4) is 11.4 Å². The Morgan fingerprint density at radius 3 is 2.52 bits per heavy atom. The van der Waals surface area contributed by atoms with Gasteiger partial charge in [-0.15, -0.1) is 11.8 Å². The molecule has 0 fully saturated rings. The van der Waals surface area contributed by atoms with Crippen LogP contribution in [0.3, 0.4) is 0 Å². The molecule has 0 saturated carbocycles. The highest BCUT2D eigenvalue weighted by atomic mass is 35.5. The van der Waals surface area contributed by atoms with Crippen LogP contribution in [0.15, 0.2) is 57.9 Å². The number of carbonyl (C=O) groups is 1. The van der Waals surface area contributed by atoms with Gasteiger partial charge in [-0.2, -0.15) is 4.98 Å². The van der Waals surface area contributed by atoms with Gasteiger partial charge in [0.2, 0.25) is 17.6 Å². The van der Waals surface area contributed by atoms with Crippen LogP contribution in [0.5, 0.6) is 0 Å². The van der Waals surface area contributed by atoms with Gasteiger partial charge < -0.3 is 9.42 Å². The Kier molecular flexibility index (Phi) is 6.19. The molecule has 0 spiro atoms. The third-order valence-corrected chi connectivity index (χ3v) is 5.35. The normalized spacial score (nSPS) is 12.0.